The van der Waals surface area contributed by atoms with Crippen molar-refractivity contribution in [1.82, 2.24) is 5.32 Å². The van der Waals surface area contributed by atoms with E-state index in [1.807, 2.05) is 19.1 Å². The Morgan fingerprint density at radius 1 is 1.37 bits per heavy atom. The van der Waals surface area contributed by atoms with E-state index < -0.39 is 5.92 Å². The van der Waals surface area contributed by atoms with Crippen molar-refractivity contribution < 1.29 is 14.0 Å². The third-order valence-electron chi connectivity index (χ3n) is 3.94. The Bertz CT molecular complexity index is 944. The van der Waals surface area contributed by atoms with Crippen LogP contribution < -0.4 is 10.6 Å². The Morgan fingerprint density at radius 3 is 2.74 bits per heavy atom. The first kappa shape index (κ1) is 19.3. The van der Waals surface area contributed by atoms with E-state index in [1.54, 1.807) is 24.3 Å². The molecule has 27 heavy (non-hydrogen) atoms. The number of carbonyl (C=O) groups is 2. The topological polar surface area (TPSA) is 95.1 Å². The lowest BCUT2D eigenvalue weighted by Crippen LogP contribution is -2.31. The normalized spacial score (nSPS) is 16.6. The maximum Gasteiger partial charge on any atom is 0.234 e. The van der Waals surface area contributed by atoms with Crippen LogP contribution in [0, 0.1) is 18.3 Å². The molecule has 6 nitrogen and oxygen atoms in total. The molecule has 0 spiro atoms. The summed E-state index contributed by atoms with van der Waals surface area (Å²) in [5.41, 5.74) is 1.08. The summed E-state index contributed by atoms with van der Waals surface area (Å²) >= 11 is 4.47. The first-order chi connectivity index (χ1) is 13.0. The Labute approximate surface area is 169 Å². The molecule has 1 atom stereocenters. The zero-order valence-corrected chi connectivity index (χ0v) is 16.8. The van der Waals surface area contributed by atoms with E-state index in [0.29, 0.717) is 22.0 Å². The largest absolute Gasteiger partial charge is 0.466 e. The van der Waals surface area contributed by atoms with Crippen molar-refractivity contribution in [2.24, 2.45) is 0 Å². The fraction of sp³-hybridized carbons (Fsp3) is 0.211. The molecule has 1 aliphatic heterocycles. The highest BCUT2D eigenvalue weighted by atomic mass is 79.9. The smallest absolute Gasteiger partial charge is 0.234 e. The number of halogens is 1. The van der Waals surface area contributed by atoms with Gasteiger partial charge in [0, 0.05) is 16.6 Å². The van der Waals surface area contributed by atoms with Crippen LogP contribution in [0.2, 0.25) is 0 Å². The summed E-state index contributed by atoms with van der Waals surface area (Å²) in [4.78, 5) is 24.3. The van der Waals surface area contributed by atoms with E-state index in [0.717, 1.165) is 22.0 Å². The number of allylic oxidation sites excluding steroid dienone is 1. The Balaban J connectivity index is 1.72. The lowest BCUT2D eigenvalue weighted by molar-refractivity contribution is -0.121. The summed E-state index contributed by atoms with van der Waals surface area (Å²) in [7, 11) is 0. The van der Waals surface area contributed by atoms with Gasteiger partial charge in [0.2, 0.25) is 11.8 Å². The molecule has 138 valence electrons. The Hall–Kier alpha value is -2.50. The predicted molar refractivity (Wildman–Crippen MR) is 107 cm³/mol. The molecule has 0 aliphatic carbocycles. The number of anilines is 1. The summed E-state index contributed by atoms with van der Waals surface area (Å²) < 4.78 is 6.53. The number of nitriles is 1. The summed E-state index contributed by atoms with van der Waals surface area (Å²) in [5.74, 6) is 0.504. The number of nitrogens with zero attached hydrogens (tertiary/aromatic N) is 1. The molecule has 0 saturated heterocycles. The van der Waals surface area contributed by atoms with Gasteiger partial charge in [-0.3, -0.25) is 9.59 Å². The van der Waals surface area contributed by atoms with Crippen LogP contribution in [-0.4, -0.2) is 17.6 Å². The van der Waals surface area contributed by atoms with Crippen LogP contribution in [0.4, 0.5) is 5.69 Å². The molecule has 0 fully saturated rings. The van der Waals surface area contributed by atoms with Crippen molar-refractivity contribution in [2.75, 3.05) is 11.1 Å². The number of rotatable bonds is 5. The third-order valence-corrected chi connectivity index (χ3v) is 5.48. The van der Waals surface area contributed by atoms with Crippen LogP contribution in [0.5, 0.6) is 0 Å². The highest BCUT2D eigenvalue weighted by Crippen LogP contribution is 2.36. The molecule has 8 heteroatoms. The van der Waals surface area contributed by atoms with Crippen molar-refractivity contribution in [3.05, 3.63) is 63.0 Å². The van der Waals surface area contributed by atoms with Crippen LogP contribution in [-0.2, 0) is 9.59 Å². The van der Waals surface area contributed by atoms with Gasteiger partial charge in [0.25, 0.3) is 0 Å². The highest BCUT2D eigenvalue weighted by Gasteiger charge is 2.31. The van der Waals surface area contributed by atoms with Crippen molar-refractivity contribution in [1.29, 1.82) is 5.26 Å². The number of carbonyl (C=O) groups excluding carboxylic acids is 2. The second kappa shape index (κ2) is 8.46. The zero-order valence-electron chi connectivity index (χ0n) is 14.4. The number of nitrogens with one attached hydrogen (secondary N) is 2. The van der Waals surface area contributed by atoms with Gasteiger partial charge in [-0.05, 0) is 43.3 Å². The first-order valence-corrected chi connectivity index (χ1v) is 9.93. The maximum absolute atomic E-state index is 12.2. The van der Waals surface area contributed by atoms with Gasteiger partial charge >= 0.3 is 0 Å². The van der Waals surface area contributed by atoms with Gasteiger partial charge in [0.1, 0.15) is 11.5 Å². The zero-order chi connectivity index (χ0) is 19.4. The third kappa shape index (κ3) is 4.81. The number of hydrogen-bond donors (Lipinski definition) is 2. The minimum Gasteiger partial charge on any atom is -0.466 e. The Kier molecular flexibility index (Phi) is 6.04. The van der Waals surface area contributed by atoms with E-state index >= 15 is 0 Å². The molecule has 2 amide bonds. The van der Waals surface area contributed by atoms with Gasteiger partial charge in [-0.1, -0.05) is 27.7 Å². The minimum atomic E-state index is -0.436. The van der Waals surface area contributed by atoms with Gasteiger partial charge in [0.15, 0.2) is 0 Å². The van der Waals surface area contributed by atoms with Crippen LogP contribution >= 0.6 is 27.7 Å². The molecule has 1 aromatic heterocycles. The molecule has 1 aliphatic rings. The van der Waals surface area contributed by atoms with Crippen molar-refractivity contribution in [3.63, 3.8) is 0 Å². The molecular formula is C19H16BrN3O3S. The lowest BCUT2D eigenvalue weighted by atomic mass is 9.92. The van der Waals surface area contributed by atoms with Gasteiger partial charge in [-0.25, -0.2) is 0 Å². The minimum absolute atomic E-state index is 0.0702. The van der Waals surface area contributed by atoms with Gasteiger partial charge in [-0.2, -0.15) is 5.26 Å². The monoisotopic (exact) mass is 445 g/mol. The molecule has 2 N–H and O–H groups in total. The van der Waals surface area contributed by atoms with Crippen LogP contribution in [0.15, 0.2) is 55.9 Å². The van der Waals surface area contributed by atoms with Gasteiger partial charge in [0.05, 0.1) is 28.3 Å². The van der Waals surface area contributed by atoms with Gasteiger partial charge in [-0.15, -0.1) is 0 Å². The second-order valence-electron chi connectivity index (χ2n) is 5.95. The lowest BCUT2D eigenvalue weighted by Gasteiger charge is -2.23. The molecule has 3 rings (SSSR count). The molecule has 2 heterocycles. The van der Waals surface area contributed by atoms with E-state index in [1.165, 1.54) is 0 Å². The summed E-state index contributed by atoms with van der Waals surface area (Å²) in [6.07, 6.45) is 0.144. The van der Waals surface area contributed by atoms with Gasteiger partial charge < -0.3 is 15.1 Å². The highest BCUT2D eigenvalue weighted by molar-refractivity contribution is 9.10. The number of hydrogen-bond acceptors (Lipinski definition) is 5. The number of furan rings is 1. The molecule has 1 aromatic carbocycles. The van der Waals surface area contributed by atoms with E-state index in [-0.39, 0.29) is 24.0 Å². The average Bonchev–Trinajstić information content (AvgIpc) is 3.07. The van der Waals surface area contributed by atoms with Crippen LogP contribution in [0.1, 0.15) is 23.9 Å². The fourth-order valence-electron chi connectivity index (χ4n) is 2.68. The second-order valence-corrected chi connectivity index (χ2v) is 7.85. The Morgan fingerprint density at radius 2 is 2.11 bits per heavy atom. The quantitative estimate of drug-likeness (QED) is 0.723. The molecule has 0 saturated carbocycles. The number of amides is 2. The van der Waals surface area contributed by atoms with Crippen LogP contribution in [0.25, 0.3) is 0 Å². The molecule has 1 unspecified atom stereocenters. The predicted octanol–water partition coefficient (Wildman–Crippen LogP) is 4.06. The summed E-state index contributed by atoms with van der Waals surface area (Å²) in [6, 6.07) is 13.0. The molecular weight excluding hydrogens is 430 g/mol. The standard InChI is InChI=1S/C19H16BrN3O3S/c1-11-2-7-16(26-11)14-8-17(24)23-19(15(14)9-21)27-10-18(25)22-13-5-3-12(20)4-6-13/h2-7,14H,8,10H2,1H3,(H,22,25)(H,23,24). The fourth-order valence-corrected chi connectivity index (χ4v) is 3.83. The number of benzene rings is 1. The van der Waals surface area contributed by atoms with Crippen molar-refractivity contribution >= 4 is 45.2 Å². The molecule has 0 radical (unpaired) electrons. The summed E-state index contributed by atoms with van der Waals surface area (Å²) in [6.45, 7) is 1.81. The molecule has 2 aromatic rings. The van der Waals surface area contributed by atoms with E-state index in [2.05, 4.69) is 32.6 Å². The van der Waals surface area contributed by atoms with E-state index in [9.17, 15) is 14.9 Å². The maximum atomic E-state index is 12.2. The van der Waals surface area contributed by atoms with Crippen molar-refractivity contribution in [2.45, 2.75) is 19.3 Å². The number of thioether (sulfide) groups is 1. The van der Waals surface area contributed by atoms with E-state index in [4.69, 9.17) is 4.42 Å². The number of aryl methyl sites for hydroxylation is 1. The summed E-state index contributed by atoms with van der Waals surface area (Å²) in [5, 5.41) is 15.5. The van der Waals surface area contributed by atoms with Crippen molar-refractivity contribution in [3.8, 4) is 6.07 Å². The first-order valence-electron chi connectivity index (χ1n) is 8.15. The SMILES string of the molecule is Cc1ccc(C2CC(=O)NC(SCC(=O)Nc3ccc(Br)cc3)=C2C#N)o1. The molecule has 0 bridgehead atoms. The average molecular weight is 446 g/mol. The van der Waals surface area contributed by atoms with Crippen LogP contribution in [0.3, 0.4) is 0 Å².